The first-order valence-electron chi connectivity index (χ1n) is 10.6. The van der Waals surface area contributed by atoms with Gasteiger partial charge in [-0.2, -0.15) is 16.5 Å². The molecule has 1 aliphatic heterocycles. The van der Waals surface area contributed by atoms with E-state index in [4.69, 9.17) is 13.9 Å². The van der Waals surface area contributed by atoms with Crippen LogP contribution in [0.4, 0.5) is 0 Å². The number of ether oxygens (including phenoxy) is 2. The maximum atomic E-state index is 13.0. The summed E-state index contributed by atoms with van der Waals surface area (Å²) in [6, 6.07) is 10.4. The van der Waals surface area contributed by atoms with E-state index in [-0.39, 0.29) is 23.6 Å². The van der Waals surface area contributed by atoms with Gasteiger partial charge in [-0.3, -0.25) is 9.36 Å². The zero-order chi connectivity index (χ0) is 24.3. The van der Waals surface area contributed by atoms with Crippen molar-refractivity contribution in [2.24, 2.45) is 7.05 Å². The fourth-order valence-electron chi connectivity index (χ4n) is 3.52. The number of benzene rings is 2. The second kappa shape index (κ2) is 10.1. The molecule has 1 amide bonds. The molecule has 4 rings (SSSR count). The first-order valence-corrected chi connectivity index (χ1v) is 13.4. The summed E-state index contributed by atoms with van der Waals surface area (Å²) in [5, 5.41) is 2.76. The molecule has 0 fully saturated rings. The molecule has 0 saturated heterocycles. The summed E-state index contributed by atoms with van der Waals surface area (Å²) in [7, 11) is -2.53. The van der Waals surface area contributed by atoms with Crippen LogP contribution in [0.1, 0.15) is 6.42 Å². The van der Waals surface area contributed by atoms with Gasteiger partial charge in [0, 0.05) is 13.1 Å². The lowest BCUT2D eigenvalue weighted by molar-refractivity contribution is -0.123. The Labute approximate surface area is 200 Å². The Balaban J connectivity index is 1.44. The van der Waals surface area contributed by atoms with Gasteiger partial charge in [0.05, 0.1) is 17.0 Å². The first-order chi connectivity index (χ1) is 16.3. The van der Waals surface area contributed by atoms with Crippen molar-refractivity contribution in [2.45, 2.75) is 23.5 Å². The number of hydrogen-bond donors (Lipinski definition) is 2. The molecule has 0 radical (unpaired) electrons. The van der Waals surface area contributed by atoms with Gasteiger partial charge in [0.1, 0.15) is 18.8 Å². The number of amides is 1. The van der Waals surface area contributed by atoms with Gasteiger partial charge in [0.25, 0.3) is 0 Å². The highest BCUT2D eigenvalue weighted by atomic mass is 32.2. The Morgan fingerprint density at radius 2 is 2.00 bits per heavy atom. The molecule has 0 spiro atoms. The van der Waals surface area contributed by atoms with Crippen molar-refractivity contribution in [3.63, 3.8) is 0 Å². The third kappa shape index (κ3) is 5.24. The van der Waals surface area contributed by atoms with E-state index in [9.17, 15) is 18.0 Å². The van der Waals surface area contributed by atoms with Crippen molar-refractivity contribution in [3.05, 3.63) is 53.0 Å². The molecule has 10 nitrogen and oxygen atoms in total. The number of oxazole rings is 1. The van der Waals surface area contributed by atoms with E-state index >= 15 is 0 Å². The Hall–Kier alpha value is -2.96. The van der Waals surface area contributed by atoms with Crippen LogP contribution in [0.2, 0.25) is 0 Å². The highest BCUT2D eigenvalue weighted by Crippen LogP contribution is 2.30. The quantitative estimate of drug-likeness (QED) is 0.446. The second-order valence-corrected chi connectivity index (χ2v) is 10.5. The topological polar surface area (TPSA) is 129 Å². The number of carbonyl (C=O) groups excluding carboxylic acids is 1. The molecule has 3 aromatic rings. The second-order valence-electron chi connectivity index (χ2n) is 7.75. The molecule has 0 bridgehead atoms. The number of nitrogens with zero attached hydrogens (tertiary/aromatic N) is 1. The highest BCUT2D eigenvalue weighted by molar-refractivity contribution is 7.98. The van der Waals surface area contributed by atoms with Gasteiger partial charge >= 0.3 is 5.76 Å². The maximum Gasteiger partial charge on any atom is 0.419 e. The molecular weight excluding hydrogens is 482 g/mol. The van der Waals surface area contributed by atoms with Gasteiger partial charge < -0.3 is 19.2 Å². The number of nitrogens with one attached hydrogen (secondary N) is 2. The normalized spacial score (nSPS) is 16.4. The van der Waals surface area contributed by atoms with Crippen molar-refractivity contribution in [1.29, 1.82) is 0 Å². The number of thioether (sulfide) groups is 1. The smallest absolute Gasteiger partial charge is 0.419 e. The lowest BCUT2D eigenvalue weighted by atomic mass is 10.2. The van der Waals surface area contributed by atoms with Gasteiger partial charge in [-0.25, -0.2) is 13.2 Å². The highest BCUT2D eigenvalue weighted by Gasteiger charge is 2.28. The van der Waals surface area contributed by atoms with E-state index in [0.717, 1.165) is 0 Å². The molecule has 12 heteroatoms. The molecule has 2 atom stereocenters. The fourth-order valence-corrected chi connectivity index (χ4v) is 5.23. The minimum atomic E-state index is -4.06. The predicted molar refractivity (Wildman–Crippen MR) is 128 cm³/mol. The fraction of sp³-hybridized carbons (Fsp3) is 0.364. The van der Waals surface area contributed by atoms with E-state index < -0.39 is 33.8 Å². The van der Waals surface area contributed by atoms with E-state index in [2.05, 4.69) is 10.0 Å². The summed E-state index contributed by atoms with van der Waals surface area (Å²) in [5.41, 5.74) is 0.618. The number of aryl methyl sites for hydroxylation is 1. The van der Waals surface area contributed by atoms with Crippen LogP contribution in [-0.4, -0.2) is 56.2 Å². The van der Waals surface area contributed by atoms with Gasteiger partial charge in [-0.1, -0.05) is 12.1 Å². The van der Waals surface area contributed by atoms with Crippen molar-refractivity contribution in [1.82, 2.24) is 14.6 Å². The van der Waals surface area contributed by atoms with E-state index in [1.807, 2.05) is 18.4 Å². The first kappa shape index (κ1) is 24.2. The SMILES string of the molecule is CSCC[C@@H](NS(=O)(=O)c1ccc2c(c1)oc(=O)n2C)C(=O)NC[C@H]1COc2ccccc2O1. The largest absolute Gasteiger partial charge is 0.486 e. The molecule has 34 heavy (non-hydrogen) atoms. The van der Waals surface area contributed by atoms with Crippen LogP contribution >= 0.6 is 11.8 Å². The summed E-state index contributed by atoms with van der Waals surface area (Å²) in [6.45, 7) is 0.423. The summed E-state index contributed by atoms with van der Waals surface area (Å²) in [6.07, 6.45) is 1.76. The maximum absolute atomic E-state index is 13.0. The van der Waals surface area contributed by atoms with Crippen LogP contribution in [0.25, 0.3) is 11.1 Å². The molecule has 0 unspecified atom stereocenters. The lowest BCUT2D eigenvalue weighted by Crippen LogP contribution is -2.50. The van der Waals surface area contributed by atoms with Gasteiger partial charge in [-0.05, 0) is 42.7 Å². The van der Waals surface area contributed by atoms with E-state index in [0.29, 0.717) is 29.2 Å². The zero-order valence-electron chi connectivity index (χ0n) is 18.6. The standard InChI is InChI=1S/C22H25N3O7S2/c1-25-17-8-7-15(11-20(17)32-22(25)27)34(28,29)24-16(9-10-33-2)21(26)23-12-14-13-30-18-5-3-4-6-19(18)31-14/h3-8,11,14,16,24H,9-10,12-13H2,1-2H3,(H,23,26)/t14-,16+/m0/s1. The Morgan fingerprint density at radius 1 is 1.24 bits per heavy atom. The summed E-state index contributed by atoms with van der Waals surface area (Å²) >= 11 is 1.50. The van der Waals surface area contributed by atoms with Gasteiger partial charge in [0.15, 0.2) is 17.1 Å². The molecule has 1 aromatic heterocycles. The van der Waals surface area contributed by atoms with Crippen molar-refractivity contribution in [3.8, 4) is 11.5 Å². The minimum absolute atomic E-state index is 0.100. The number of rotatable bonds is 9. The number of para-hydroxylation sites is 2. The van der Waals surface area contributed by atoms with Crippen LogP contribution in [0.5, 0.6) is 11.5 Å². The monoisotopic (exact) mass is 507 g/mol. The van der Waals surface area contributed by atoms with Crippen LogP contribution in [0, 0.1) is 0 Å². The summed E-state index contributed by atoms with van der Waals surface area (Å²) < 4.78 is 46.4. The Morgan fingerprint density at radius 3 is 2.76 bits per heavy atom. The number of fused-ring (bicyclic) bond motifs is 2. The Kier molecular flexibility index (Phi) is 7.19. The molecule has 1 aliphatic rings. The van der Waals surface area contributed by atoms with Gasteiger partial charge in [0.2, 0.25) is 15.9 Å². The minimum Gasteiger partial charge on any atom is -0.486 e. The predicted octanol–water partition coefficient (Wildman–Crippen LogP) is 1.49. The number of sulfonamides is 1. The molecule has 0 saturated carbocycles. The third-order valence-electron chi connectivity index (χ3n) is 5.37. The number of carbonyl (C=O) groups is 1. The van der Waals surface area contributed by atoms with Crippen LogP contribution < -0.4 is 25.3 Å². The van der Waals surface area contributed by atoms with Crippen molar-refractivity contribution < 1.29 is 27.1 Å². The average molecular weight is 508 g/mol. The molecule has 0 aliphatic carbocycles. The molecule has 2 aromatic carbocycles. The average Bonchev–Trinajstić information content (AvgIpc) is 3.12. The van der Waals surface area contributed by atoms with E-state index in [1.54, 1.807) is 12.1 Å². The van der Waals surface area contributed by atoms with E-state index in [1.165, 1.54) is 41.6 Å². The molecule has 2 N–H and O–H groups in total. The van der Waals surface area contributed by atoms with Crippen molar-refractivity contribution >= 4 is 38.8 Å². The zero-order valence-corrected chi connectivity index (χ0v) is 20.3. The number of aromatic nitrogens is 1. The third-order valence-corrected chi connectivity index (χ3v) is 7.48. The number of hydrogen-bond acceptors (Lipinski definition) is 8. The van der Waals surface area contributed by atoms with Crippen LogP contribution in [0.3, 0.4) is 0 Å². The van der Waals surface area contributed by atoms with Crippen LogP contribution in [0.15, 0.2) is 56.6 Å². The summed E-state index contributed by atoms with van der Waals surface area (Å²) in [5.74, 6) is 0.750. The summed E-state index contributed by atoms with van der Waals surface area (Å²) in [4.78, 5) is 24.5. The van der Waals surface area contributed by atoms with Crippen molar-refractivity contribution in [2.75, 3.05) is 25.2 Å². The molecular formula is C22H25N3O7S2. The Bertz CT molecular complexity index is 1350. The molecule has 182 valence electrons. The van der Waals surface area contributed by atoms with Gasteiger partial charge in [-0.15, -0.1) is 0 Å². The molecule has 2 heterocycles. The van der Waals surface area contributed by atoms with Crippen LogP contribution in [-0.2, 0) is 21.9 Å². The lowest BCUT2D eigenvalue weighted by Gasteiger charge is -2.27.